The van der Waals surface area contributed by atoms with Crippen LogP contribution in [-0.2, 0) is 24.7 Å². The zero-order valence-electron chi connectivity index (χ0n) is 20.7. The molecule has 1 aliphatic carbocycles. The molecule has 0 bridgehead atoms. The zero-order valence-corrected chi connectivity index (χ0v) is 22.3. The molecule has 0 fully saturated rings. The summed E-state index contributed by atoms with van der Waals surface area (Å²) in [6.07, 6.45) is 2.44. The monoisotopic (exact) mass is 513 g/mol. The summed E-state index contributed by atoms with van der Waals surface area (Å²) in [7, 11) is 1.86. The van der Waals surface area contributed by atoms with Crippen molar-refractivity contribution in [3.05, 3.63) is 51.2 Å². The van der Waals surface area contributed by atoms with Gasteiger partial charge in [0.15, 0.2) is 17.1 Å². The Morgan fingerprint density at radius 1 is 1.34 bits per heavy atom. The smallest absolute Gasteiger partial charge is 0.251 e. The van der Waals surface area contributed by atoms with Gasteiger partial charge in [-0.1, -0.05) is 36.4 Å². The van der Waals surface area contributed by atoms with Gasteiger partial charge in [-0.2, -0.15) is 0 Å². The number of aryl methyl sites for hydroxylation is 2. The molecule has 2 amide bonds. The number of nitrogens with one attached hydrogen (secondary N) is 1. The summed E-state index contributed by atoms with van der Waals surface area (Å²) >= 11 is 2.75. The Hall–Kier alpha value is -2.85. The average molecular weight is 514 g/mol. The molecule has 0 saturated carbocycles. The number of thioether (sulfide) groups is 1. The molecule has 3 N–H and O–H groups in total. The number of carbonyl (C=O) groups is 2. The topological polar surface area (TPSA) is 112 Å². The van der Waals surface area contributed by atoms with E-state index in [2.05, 4.69) is 28.5 Å². The third-order valence-electron chi connectivity index (χ3n) is 6.21. The fourth-order valence-corrected chi connectivity index (χ4v) is 6.52. The number of hydrogen-bond donors (Lipinski definition) is 2. The number of fused-ring (bicyclic) bond motifs is 1. The van der Waals surface area contributed by atoms with Crippen molar-refractivity contribution < 1.29 is 14.3 Å². The van der Waals surface area contributed by atoms with Gasteiger partial charge in [-0.25, -0.2) is 0 Å². The van der Waals surface area contributed by atoms with Gasteiger partial charge >= 0.3 is 0 Å². The standard InChI is InChI=1S/C25H31N5O3S2/c1-13-7-9-18(15(3)10-13)33-16(4)23-28-29-25(30(23)5)34-12-20(31)27-24-21(22(26)32)17-8-6-14(2)11-19(17)35-24/h7,9-10,14,16H,6,8,11-12H2,1-5H3,(H2,26,32)(H,27,31). The molecule has 4 rings (SSSR count). The van der Waals surface area contributed by atoms with Gasteiger partial charge in [0.1, 0.15) is 10.8 Å². The molecule has 35 heavy (non-hydrogen) atoms. The zero-order chi connectivity index (χ0) is 25.3. The largest absolute Gasteiger partial charge is 0.482 e. The van der Waals surface area contributed by atoms with Crippen LogP contribution in [0.15, 0.2) is 23.4 Å². The van der Waals surface area contributed by atoms with Gasteiger partial charge in [0.05, 0.1) is 11.3 Å². The van der Waals surface area contributed by atoms with Crippen molar-refractivity contribution in [1.82, 2.24) is 14.8 Å². The van der Waals surface area contributed by atoms with E-state index in [4.69, 9.17) is 10.5 Å². The maximum Gasteiger partial charge on any atom is 0.251 e. The minimum absolute atomic E-state index is 0.134. The lowest BCUT2D eigenvalue weighted by Crippen LogP contribution is -2.20. The number of primary amides is 1. The first-order valence-electron chi connectivity index (χ1n) is 11.6. The highest BCUT2D eigenvalue weighted by molar-refractivity contribution is 7.99. The molecule has 0 spiro atoms. The molecule has 2 atom stereocenters. The Bertz CT molecular complexity index is 1270. The van der Waals surface area contributed by atoms with Gasteiger partial charge in [-0.05, 0) is 63.1 Å². The molecule has 8 nitrogen and oxygen atoms in total. The Morgan fingerprint density at radius 3 is 2.83 bits per heavy atom. The van der Waals surface area contributed by atoms with Crippen LogP contribution in [0.3, 0.4) is 0 Å². The van der Waals surface area contributed by atoms with Gasteiger partial charge < -0.3 is 20.4 Å². The third kappa shape index (κ3) is 5.54. The van der Waals surface area contributed by atoms with Gasteiger partial charge in [-0.3, -0.25) is 9.59 Å². The number of hydrogen-bond acceptors (Lipinski definition) is 7. The molecular weight excluding hydrogens is 482 g/mol. The van der Waals surface area contributed by atoms with E-state index in [-0.39, 0.29) is 17.8 Å². The Morgan fingerprint density at radius 2 is 2.11 bits per heavy atom. The van der Waals surface area contributed by atoms with Crippen molar-refractivity contribution in [3.8, 4) is 5.75 Å². The molecule has 1 aromatic carbocycles. The van der Waals surface area contributed by atoms with E-state index >= 15 is 0 Å². The van der Waals surface area contributed by atoms with Crippen LogP contribution < -0.4 is 15.8 Å². The van der Waals surface area contributed by atoms with Crippen molar-refractivity contribution in [2.75, 3.05) is 11.1 Å². The fourth-order valence-electron chi connectivity index (χ4n) is 4.37. The molecule has 1 aliphatic rings. The summed E-state index contributed by atoms with van der Waals surface area (Å²) in [5, 5.41) is 12.6. The SMILES string of the molecule is Cc1ccc(OC(C)c2nnc(SCC(=O)Nc3sc4c(c3C(N)=O)CCC(C)C4)n2C)c(C)c1. The highest BCUT2D eigenvalue weighted by atomic mass is 32.2. The molecule has 2 aromatic heterocycles. The van der Waals surface area contributed by atoms with Crippen LogP contribution in [0.4, 0.5) is 5.00 Å². The van der Waals surface area contributed by atoms with Gasteiger partial charge in [-0.15, -0.1) is 21.5 Å². The molecule has 0 saturated heterocycles. The first-order chi connectivity index (χ1) is 16.6. The molecule has 186 valence electrons. The van der Waals surface area contributed by atoms with Crippen molar-refractivity contribution in [1.29, 1.82) is 0 Å². The van der Waals surface area contributed by atoms with Gasteiger partial charge in [0, 0.05) is 11.9 Å². The van der Waals surface area contributed by atoms with Crippen LogP contribution in [0.25, 0.3) is 0 Å². The minimum atomic E-state index is -0.490. The number of benzene rings is 1. The molecular formula is C25H31N5O3S2. The summed E-state index contributed by atoms with van der Waals surface area (Å²) in [6.45, 7) is 8.18. The van der Waals surface area contributed by atoms with Crippen LogP contribution in [-0.4, -0.2) is 32.3 Å². The number of anilines is 1. The van der Waals surface area contributed by atoms with Crippen LogP contribution in [0.1, 0.15) is 64.1 Å². The number of nitrogens with zero attached hydrogens (tertiary/aromatic N) is 3. The molecule has 2 unspecified atom stereocenters. The fraction of sp³-hybridized carbons (Fsp3) is 0.440. The number of aromatic nitrogens is 3. The second-order valence-electron chi connectivity index (χ2n) is 9.19. The second kappa shape index (κ2) is 10.4. The van der Waals surface area contributed by atoms with Crippen molar-refractivity contribution >= 4 is 39.9 Å². The van der Waals surface area contributed by atoms with Crippen LogP contribution >= 0.6 is 23.1 Å². The second-order valence-corrected chi connectivity index (χ2v) is 11.2. The first-order valence-corrected chi connectivity index (χ1v) is 13.4. The Balaban J connectivity index is 1.40. The first kappa shape index (κ1) is 25.2. The van der Waals surface area contributed by atoms with Gasteiger partial charge in [0.25, 0.3) is 5.91 Å². The maximum atomic E-state index is 12.7. The molecule has 2 heterocycles. The van der Waals surface area contributed by atoms with Crippen molar-refractivity contribution in [3.63, 3.8) is 0 Å². The lowest BCUT2D eigenvalue weighted by Gasteiger charge is -2.18. The molecule has 3 aromatic rings. The minimum Gasteiger partial charge on any atom is -0.482 e. The quantitative estimate of drug-likeness (QED) is 0.426. The average Bonchev–Trinajstić information content (AvgIpc) is 3.33. The van der Waals surface area contributed by atoms with Crippen molar-refractivity contribution in [2.45, 2.75) is 58.2 Å². The number of amides is 2. The van der Waals surface area contributed by atoms with E-state index in [1.165, 1.54) is 28.7 Å². The van der Waals surface area contributed by atoms with Crippen LogP contribution in [0.2, 0.25) is 0 Å². The van der Waals surface area contributed by atoms with E-state index in [1.807, 2.05) is 44.5 Å². The van der Waals surface area contributed by atoms with Crippen LogP contribution in [0.5, 0.6) is 5.75 Å². The van der Waals surface area contributed by atoms with E-state index in [0.717, 1.165) is 41.0 Å². The Labute approximate surface area is 213 Å². The molecule has 10 heteroatoms. The number of thiophene rings is 1. The summed E-state index contributed by atoms with van der Waals surface area (Å²) in [6, 6.07) is 6.05. The highest BCUT2D eigenvalue weighted by Gasteiger charge is 2.27. The normalized spacial score (nSPS) is 16.0. The van der Waals surface area contributed by atoms with Crippen LogP contribution in [0, 0.1) is 19.8 Å². The van der Waals surface area contributed by atoms with Gasteiger partial charge in [0.2, 0.25) is 5.91 Å². The van der Waals surface area contributed by atoms with E-state index in [9.17, 15) is 9.59 Å². The summed E-state index contributed by atoms with van der Waals surface area (Å²) in [5.74, 6) is 1.47. The predicted molar refractivity (Wildman–Crippen MR) is 139 cm³/mol. The summed E-state index contributed by atoms with van der Waals surface area (Å²) < 4.78 is 7.95. The number of rotatable bonds is 8. The lowest BCUT2D eigenvalue weighted by atomic mass is 9.88. The van der Waals surface area contributed by atoms with E-state index in [0.29, 0.717) is 27.5 Å². The summed E-state index contributed by atoms with van der Waals surface area (Å²) in [5.41, 5.74) is 9.36. The van der Waals surface area contributed by atoms with Crippen molar-refractivity contribution in [2.24, 2.45) is 18.7 Å². The Kier molecular flexibility index (Phi) is 7.51. The third-order valence-corrected chi connectivity index (χ3v) is 8.40. The summed E-state index contributed by atoms with van der Waals surface area (Å²) in [4.78, 5) is 26.0. The number of carbonyl (C=O) groups excluding carboxylic acids is 2. The highest BCUT2D eigenvalue weighted by Crippen LogP contribution is 2.39. The number of nitrogens with two attached hydrogens (primary N) is 1. The molecule has 0 aliphatic heterocycles. The molecule has 0 radical (unpaired) electrons. The predicted octanol–water partition coefficient (Wildman–Crippen LogP) is 4.59. The van der Waals surface area contributed by atoms with E-state index < -0.39 is 5.91 Å². The van der Waals surface area contributed by atoms with E-state index in [1.54, 1.807) is 0 Å². The lowest BCUT2D eigenvalue weighted by molar-refractivity contribution is -0.113. The maximum absolute atomic E-state index is 12.7. The number of ether oxygens (including phenoxy) is 1.